The molecular formula is C13H19ClN2O3. The smallest absolute Gasteiger partial charge is 0.267 e. The molecule has 0 aromatic heterocycles. The third-order valence-electron chi connectivity index (χ3n) is 2.86. The van der Waals surface area contributed by atoms with E-state index in [4.69, 9.17) is 9.47 Å². The van der Waals surface area contributed by atoms with Crippen molar-refractivity contribution < 1.29 is 14.3 Å². The summed E-state index contributed by atoms with van der Waals surface area (Å²) in [4.78, 5) is 13.8. The molecule has 5 nitrogen and oxygen atoms in total. The lowest BCUT2D eigenvalue weighted by atomic mass is 10.2. The molecule has 0 saturated carbocycles. The second kappa shape index (κ2) is 7.21. The van der Waals surface area contributed by atoms with Crippen LogP contribution in [-0.4, -0.2) is 50.7 Å². The molecule has 1 aromatic carbocycles. The highest BCUT2D eigenvalue weighted by Crippen LogP contribution is 2.31. The highest BCUT2D eigenvalue weighted by molar-refractivity contribution is 5.85. The van der Waals surface area contributed by atoms with E-state index in [0.29, 0.717) is 18.0 Å². The predicted octanol–water partition coefficient (Wildman–Crippen LogP) is 0.926. The topological polar surface area (TPSA) is 50.8 Å². The number of hydrogen-bond donors (Lipinski definition) is 1. The van der Waals surface area contributed by atoms with Crippen molar-refractivity contribution in [1.82, 2.24) is 10.2 Å². The first-order chi connectivity index (χ1) is 8.72. The lowest BCUT2D eigenvalue weighted by Gasteiger charge is -2.28. The van der Waals surface area contributed by atoms with Crippen molar-refractivity contribution in [2.45, 2.75) is 6.10 Å². The van der Waals surface area contributed by atoms with Gasteiger partial charge in [-0.3, -0.25) is 4.79 Å². The number of likely N-dealkylation sites (N-methyl/N-ethyl adjacent to an activating group) is 2. The third kappa shape index (κ3) is 3.75. The Hall–Kier alpha value is -1.46. The van der Waals surface area contributed by atoms with Gasteiger partial charge in [0.15, 0.2) is 11.5 Å². The fourth-order valence-electron chi connectivity index (χ4n) is 1.78. The molecule has 1 atom stereocenters. The Morgan fingerprint density at radius 3 is 2.79 bits per heavy atom. The third-order valence-corrected chi connectivity index (χ3v) is 2.86. The van der Waals surface area contributed by atoms with Crippen LogP contribution in [0, 0.1) is 0 Å². The van der Waals surface area contributed by atoms with E-state index in [-0.39, 0.29) is 24.9 Å². The molecule has 0 spiro atoms. The van der Waals surface area contributed by atoms with Crippen molar-refractivity contribution in [2.75, 3.05) is 33.8 Å². The summed E-state index contributed by atoms with van der Waals surface area (Å²) >= 11 is 0. The molecule has 1 aliphatic rings. The van der Waals surface area contributed by atoms with E-state index < -0.39 is 6.10 Å². The van der Waals surface area contributed by atoms with E-state index in [1.807, 2.05) is 31.3 Å². The molecule has 1 aromatic rings. The molecule has 0 radical (unpaired) electrons. The summed E-state index contributed by atoms with van der Waals surface area (Å²) < 4.78 is 11.2. The number of fused-ring (bicyclic) bond motifs is 1. The average Bonchev–Trinajstić information content (AvgIpc) is 2.43. The van der Waals surface area contributed by atoms with Crippen LogP contribution in [0.5, 0.6) is 11.5 Å². The van der Waals surface area contributed by atoms with Gasteiger partial charge < -0.3 is 19.7 Å². The van der Waals surface area contributed by atoms with Gasteiger partial charge in [-0.2, -0.15) is 0 Å². The van der Waals surface area contributed by atoms with Crippen LogP contribution in [0.1, 0.15) is 0 Å². The van der Waals surface area contributed by atoms with E-state index in [9.17, 15) is 4.79 Å². The van der Waals surface area contributed by atoms with Crippen molar-refractivity contribution in [3.05, 3.63) is 24.3 Å². The Bertz CT molecular complexity index is 428. The number of amides is 1. The predicted molar refractivity (Wildman–Crippen MR) is 75.2 cm³/mol. The molecule has 1 amide bonds. The van der Waals surface area contributed by atoms with Gasteiger partial charge in [-0.25, -0.2) is 0 Å². The number of carbonyl (C=O) groups excluding carboxylic acids is 1. The van der Waals surface area contributed by atoms with Crippen LogP contribution in [0.15, 0.2) is 24.3 Å². The SMILES string of the molecule is CNCCN(C)C(=O)C1COc2ccccc2O1.Cl. The molecule has 2 rings (SSSR count). The van der Waals surface area contributed by atoms with Crippen LogP contribution in [0.25, 0.3) is 0 Å². The summed E-state index contributed by atoms with van der Waals surface area (Å²) in [6.45, 7) is 1.67. The van der Waals surface area contributed by atoms with E-state index in [1.54, 1.807) is 11.9 Å². The monoisotopic (exact) mass is 286 g/mol. The molecule has 106 valence electrons. The van der Waals surface area contributed by atoms with Gasteiger partial charge in [-0.1, -0.05) is 12.1 Å². The fraction of sp³-hybridized carbons (Fsp3) is 0.462. The zero-order chi connectivity index (χ0) is 13.0. The van der Waals surface area contributed by atoms with Gasteiger partial charge in [0.2, 0.25) is 6.10 Å². The van der Waals surface area contributed by atoms with Crippen LogP contribution >= 0.6 is 12.4 Å². The molecule has 1 N–H and O–H groups in total. The number of benzene rings is 1. The molecule has 0 saturated heterocycles. The quantitative estimate of drug-likeness (QED) is 0.894. The second-order valence-corrected chi connectivity index (χ2v) is 4.23. The number of carbonyl (C=O) groups is 1. The Morgan fingerprint density at radius 2 is 2.11 bits per heavy atom. The molecule has 1 aliphatic heterocycles. The number of rotatable bonds is 4. The molecule has 1 heterocycles. The van der Waals surface area contributed by atoms with Crippen molar-refractivity contribution >= 4 is 18.3 Å². The van der Waals surface area contributed by atoms with Crippen molar-refractivity contribution in [2.24, 2.45) is 0 Å². The van der Waals surface area contributed by atoms with Crippen LogP contribution in [0.3, 0.4) is 0 Å². The molecule has 6 heteroatoms. The van der Waals surface area contributed by atoms with E-state index in [0.717, 1.165) is 6.54 Å². The summed E-state index contributed by atoms with van der Waals surface area (Å²) in [5.41, 5.74) is 0. The van der Waals surface area contributed by atoms with E-state index >= 15 is 0 Å². The zero-order valence-corrected chi connectivity index (χ0v) is 11.9. The summed E-state index contributed by atoms with van der Waals surface area (Å²) in [6.07, 6.45) is -0.554. The van der Waals surface area contributed by atoms with Crippen LogP contribution in [-0.2, 0) is 4.79 Å². The minimum Gasteiger partial charge on any atom is -0.485 e. The van der Waals surface area contributed by atoms with Gasteiger partial charge >= 0.3 is 0 Å². The van der Waals surface area contributed by atoms with E-state index in [1.165, 1.54) is 0 Å². The maximum atomic E-state index is 12.1. The molecule has 0 fully saturated rings. The Morgan fingerprint density at radius 1 is 1.42 bits per heavy atom. The first kappa shape index (κ1) is 15.6. The van der Waals surface area contributed by atoms with Gasteiger partial charge in [0.1, 0.15) is 6.61 Å². The van der Waals surface area contributed by atoms with Crippen LogP contribution < -0.4 is 14.8 Å². The summed E-state index contributed by atoms with van der Waals surface area (Å²) in [5.74, 6) is 1.27. The van der Waals surface area contributed by atoms with Gasteiger partial charge in [-0.05, 0) is 19.2 Å². The second-order valence-electron chi connectivity index (χ2n) is 4.23. The van der Waals surface area contributed by atoms with Gasteiger partial charge in [0, 0.05) is 20.1 Å². The molecule has 1 unspecified atom stereocenters. The van der Waals surface area contributed by atoms with Crippen LogP contribution in [0.4, 0.5) is 0 Å². The van der Waals surface area contributed by atoms with Crippen LogP contribution in [0.2, 0.25) is 0 Å². The Labute approximate surface area is 119 Å². The summed E-state index contributed by atoms with van der Waals surface area (Å²) in [6, 6.07) is 7.38. The first-order valence-electron chi connectivity index (χ1n) is 6.00. The highest BCUT2D eigenvalue weighted by Gasteiger charge is 2.29. The highest BCUT2D eigenvalue weighted by atomic mass is 35.5. The Kier molecular flexibility index (Phi) is 5.92. The van der Waals surface area contributed by atoms with Crippen molar-refractivity contribution in [3.63, 3.8) is 0 Å². The van der Waals surface area contributed by atoms with E-state index in [2.05, 4.69) is 5.32 Å². The standard InChI is InChI=1S/C13H18N2O3.ClH/c1-14-7-8-15(2)13(16)12-9-17-10-5-3-4-6-11(10)18-12;/h3-6,12,14H,7-9H2,1-2H3;1H. The number of halogens is 1. The first-order valence-corrected chi connectivity index (χ1v) is 6.00. The molecule has 0 bridgehead atoms. The summed E-state index contributed by atoms with van der Waals surface area (Å²) in [7, 11) is 3.62. The number of nitrogens with zero attached hydrogens (tertiary/aromatic N) is 1. The number of hydrogen-bond acceptors (Lipinski definition) is 4. The van der Waals surface area contributed by atoms with Gasteiger partial charge in [0.05, 0.1) is 0 Å². The maximum Gasteiger partial charge on any atom is 0.267 e. The normalized spacial score (nSPS) is 16.4. The molecule has 0 aliphatic carbocycles. The van der Waals surface area contributed by atoms with Crippen molar-refractivity contribution in [3.8, 4) is 11.5 Å². The maximum absolute atomic E-state index is 12.1. The minimum absolute atomic E-state index is 0. The zero-order valence-electron chi connectivity index (χ0n) is 11.1. The Balaban J connectivity index is 0.00000180. The fourth-order valence-corrected chi connectivity index (χ4v) is 1.78. The number of para-hydroxylation sites is 2. The summed E-state index contributed by atoms with van der Waals surface area (Å²) in [5, 5.41) is 3.01. The van der Waals surface area contributed by atoms with Crippen molar-refractivity contribution in [1.29, 1.82) is 0 Å². The largest absolute Gasteiger partial charge is 0.485 e. The lowest BCUT2D eigenvalue weighted by molar-refractivity contribution is -0.139. The number of ether oxygens (including phenoxy) is 2. The number of nitrogens with one attached hydrogen (secondary N) is 1. The van der Waals surface area contributed by atoms with Gasteiger partial charge in [0.25, 0.3) is 5.91 Å². The molecular weight excluding hydrogens is 268 g/mol. The van der Waals surface area contributed by atoms with Gasteiger partial charge in [-0.15, -0.1) is 12.4 Å². The molecule has 19 heavy (non-hydrogen) atoms. The minimum atomic E-state index is -0.554. The lowest BCUT2D eigenvalue weighted by Crippen LogP contribution is -2.46. The average molecular weight is 287 g/mol.